The van der Waals surface area contributed by atoms with Crippen LogP contribution in [-0.2, 0) is 6.54 Å². The Morgan fingerprint density at radius 2 is 1.64 bits per heavy atom. The summed E-state index contributed by atoms with van der Waals surface area (Å²) >= 11 is 0. The molecule has 0 saturated carbocycles. The summed E-state index contributed by atoms with van der Waals surface area (Å²) in [6.07, 6.45) is 0. The van der Waals surface area contributed by atoms with E-state index in [-0.39, 0.29) is 0 Å². The van der Waals surface area contributed by atoms with Crippen LogP contribution in [0.3, 0.4) is 0 Å². The molecule has 0 aliphatic carbocycles. The Morgan fingerprint density at radius 1 is 1.21 bits per heavy atom. The Bertz CT molecular complexity index is 255. The van der Waals surface area contributed by atoms with E-state index in [2.05, 4.69) is 54.7 Å². The fourth-order valence-corrected chi connectivity index (χ4v) is 0.949. The molecule has 2 amide bonds. The number of carbonyl (C=O) groups is 1. The van der Waals surface area contributed by atoms with Crippen LogP contribution < -0.4 is 11.5 Å². The van der Waals surface area contributed by atoms with Crippen LogP contribution in [0.1, 0.15) is 5.56 Å². The first-order valence-corrected chi connectivity index (χ1v) is 4.26. The molecule has 1 aromatic rings. The van der Waals surface area contributed by atoms with E-state index in [9.17, 15) is 0 Å². The SMILES string of the molecule is CN(C)Cc1ccccc1.NC(N)=O. The fourth-order valence-electron chi connectivity index (χ4n) is 0.949. The topological polar surface area (TPSA) is 72.3 Å². The summed E-state index contributed by atoms with van der Waals surface area (Å²) in [6, 6.07) is 9.62. The Hall–Kier alpha value is -1.55. The van der Waals surface area contributed by atoms with E-state index in [1.165, 1.54) is 5.56 Å². The molecular weight excluding hydrogens is 178 g/mol. The van der Waals surface area contributed by atoms with Crippen LogP contribution in [-0.4, -0.2) is 25.0 Å². The van der Waals surface area contributed by atoms with E-state index >= 15 is 0 Å². The van der Waals surface area contributed by atoms with Gasteiger partial charge in [-0.15, -0.1) is 0 Å². The lowest BCUT2D eigenvalue weighted by atomic mass is 10.2. The summed E-state index contributed by atoms with van der Waals surface area (Å²) in [4.78, 5) is 11.2. The van der Waals surface area contributed by atoms with E-state index < -0.39 is 6.03 Å². The van der Waals surface area contributed by atoms with E-state index in [4.69, 9.17) is 4.79 Å². The highest BCUT2D eigenvalue weighted by Gasteiger charge is 1.90. The fraction of sp³-hybridized carbons (Fsp3) is 0.300. The second-order valence-electron chi connectivity index (χ2n) is 3.13. The highest BCUT2D eigenvalue weighted by molar-refractivity contribution is 5.69. The van der Waals surface area contributed by atoms with Gasteiger partial charge in [0.2, 0.25) is 0 Å². The predicted molar refractivity (Wildman–Crippen MR) is 57.6 cm³/mol. The summed E-state index contributed by atoms with van der Waals surface area (Å²) in [6.45, 7) is 1.03. The molecule has 0 fully saturated rings. The zero-order valence-electron chi connectivity index (χ0n) is 8.60. The normalized spacial score (nSPS) is 9.07. The lowest BCUT2D eigenvalue weighted by Gasteiger charge is -2.08. The highest BCUT2D eigenvalue weighted by atomic mass is 16.2. The Labute approximate surface area is 84.5 Å². The summed E-state index contributed by atoms with van der Waals surface area (Å²) in [5, 5.41) is 0. The van der Waals surface area contributed by atoms with Crippen molar-refractivity contribution in [1.82, 2.24) is 4.90 Å². The van der Waals surface area contributed by atoms with Crippen molar-refractivity contribution in [2.45, 2.75) is 6.54 Å². The largest absolute Gasteiger partial charge is 0.352 e. The number of rotatable bonds is 2. The first-order chi connectivity index (χ1) is 6.52. The molecule has 0 aliphatic rings. The Balaban J connectivity index is 0.000000364. The third-order valence-electron chi connectivity index (χ3n) is 1.34. The molecule has 0 bridgehead atoms. The van der Waals surface area contributed by atoms with Crippen LogP contribution >= 0.6 is 0 Å². The van der Waals surface area contributed by atoms with Gasteiger partial charge in [-0.2, -0.15) is 0 Å². The monoisotopic (exact) mass is 195 g/mol. The molecule has 1 aromatic carbocycles. The number of carbonyl (C=O) groups excluding carboxylic acids is 1. The second-order valence-corrected chi connectivity index (χ2v) is 3.13. The molecule has 78 valence electrons. The number of urea groups is 1. The first kappa shape index (κ1) is 12.4. The molecule has 0 radical (unpaired) electrons. The molecule has 0 unspecified atom stereocenters. The van der Waals surface area contributed by atoms with Gasteiger partial charge in [0, 0.05) is 6.54 Å². The quantitative estimate of drug-likeness (QED) is 0.731. The van der Waals surface area contributed by atoms with Crippen LogP contribution in [0.2, 0.25) is 0 Å². The summed E-state index contributed by atoms with van der Waals surface area (Å²) in [7, 11) is 4.15. The minimum atomic E-state index is -0.833. The molecule has 0 aromatic heterocycles. The van der Waals surface area contributed by atoms with Crippen molar-refractivity contribution >= 4 is 6.03 Å². The molecule has 4 N–H and O–H groups in total. The smallest absolute Gasteiger partial charge is 0.309 e. The van der Waals surface area contributed by atoms with Gasteiger partial charge < -0.3 is 16.4 Å². The van der Waals surface area contributed by atoms with Crippen LogP contribution in [0.15, 0.2) is 30.3 Å². The van der Waals surface area contributed by atoms with E-state index in [0.29, 0.717) is 0 Å². The van der Waals surface area contributed by atoms with Crippen molar-refractivity contribution < 1.29 is 4.79 Å². The van der Waals surface area contributed by atoms with Crippen LogP contribution in [0, 0.1) is 0 Å². The molecule has 4 heteroatoms. The maximum atomic E-state index is 9.00. The van der Waals surface area contributed by atoms with Gasteiger partial charge in [0.1, 0.15) is 0 Å². The number of nitrogens with two attached hydrogens (primary N) is 2. The Morgan fingerprint density at radius 3 is 2.00 bits per heavy atom. The third kappa shape index (κ3) is 8.55. The lowest BCUT2D eigenvalue weighted by Crippen LogP contribution is -2.18. The number of hydrogen-bond acceptors (Lipinski definition) is 2. The molecule has 0 atom stereocenters. The summed E-state index contributed by atoms with van der Waals surface area (Å²) in [5.74, 6) is 0. The first-order valence-electron chi connectivity index (χ1n) is 4.26. The predicted octanol–water partition coefficient (Wildman–Crippen LogP) is 0.772. The van der Waals surface area contributed by atoms with Gasteiger partial charge in [-0.05, 0) is 19.7 Å². The third-order valence-corrected chi connectivity index (χ3v) is 1.34. The molecule has 0 saturated heterocycles. The molecule has 1 rings (SSSR count). The van der Waals surface area contributed by atoms with Gasteiger partial charge in [0.25, 0.3) is 0 Å². The van der Waals surface area contributed by atoms with E-state index in [1.807, 2.05) is 6.07 Å². The van der Waals surface area contributed by atoms with E-state index in [1.54, 1.807) is 0 Å². The summed E-state index contributed by atoms with van der Waals surface area (Å²) in [5.41, 5.74) is 9.87. The number of amides is 2. The van der Waals surface area contributed by atoms with Gasteiger partial charge in [-0.25, -0.2) is 4.79 Å². The number of nitrogens with zero attached hydrogens (tertiary/aromatic N) is 1. The second kappa shape index (κ2) is 6.91. The maximum Gasteiger partial charge on any atom is 0.309 e. The van der Waals surface area contributed by atoms with Crippen molar-refractivity contribution in [3.63, 3.8) is 0 Å². The van der Waals surface area contributed by atoms with Crippen LogP contribution in [0.5, 0.6) is 0 Å². The zero-order valence-corrected chi connectivity index (χ0v) is 8.60. The van der Waals surface area contributed by atoms with Crippen molar-refractivity contribution in [1.29, 1.82) is 0 Å². The Kier molecular flexibility index (Phi) is 6.15. The average molecular weight is 195 g/mol. The van der Waals surface area contributed by atoms with Crippen LogP contribution in [0.4, 0.5) is 4.79 Å². The average Bonchev–Trinajstić information content (AvgIpc) is 2.03. The van der Waals surface area contributed by atoms with Gasteiger partial charge in [-0.3, -0.25) is 0 Å². The standard InChI is InChI=1S/C9H13N.CH4N2O/c1-10(2)8-9-6-4-3-5-7-9;2-1(3)4/h3-7H,8H2,1-2H3;(H4,2,3,4). The zero-order chi connectivity index (χ0) is 11.0. The molecule has 0 aliphatic heterocycles. The van der Waals surface area contributed by atoms with Crippen molar-refractivity contribution in [3.05, 3.63) is 35.9 Å². The maximum absolute atomic E-state index is 9.00. The van der Waals surface area contributed by atoms with Gasteiger partial charge in [-0.1, -0.05) is 30.3 Å². The molecule has 4 nitrogen and oxygen atoms in total. The number of hydrogen-bond donors (Lipinski definition) is 2. The molecule has 0 heterocycles. The van der Waals surface area contributed by atoms with Gasteiger partial charge >= 0.3 is 6.03 Å². The minimum absolute atomic E-state index is 0.833. The van der Waals surface area contributed by atoms with Crippen LogP contribution in [0.25, 0.3) is 0 Å². The lowest BCUT2D eigenvalue weighted by molar-refractivity contribution is 0.256. The summed E-state index contributed by atoms with van der Waals surface area (Å²) < 4.78 is 0. The van der Waals surface area contributed by atoms with Gasteiger partial charge in [0.15, 0.2) is 0 Å². The van der Waals surface area contributed by atoms with Crippen molar-refractivity contribution in [2.75, 3.05) is 14.1 Å². The van der Waals surface area contributed by atoms with E-state index in [0.717, 1.165) is 6.54 Å². The van der Waals surface area contributed by atoms with Crippen molar-refractivity contribution in [3.8, 4) is 0 Å². The van der Waals surface area contributed by atoms with Crippen molar-refractivity contribution in [2.24, 2.45) is 11.5 Å². The minimum Gasteiger partial charge on any atom is -0.352 e. The molecule has 14 heavy (non-hydrogen) atoms. The number of primary amides is 2. The van der Waals surface area contributed by atoms with Gasteiger partial charge in [0.05, 0.1) is 0 Å². The highest BCUT2D eigenvalue weighted by Crippen LogP contribution is 1.99. The number of benzene rings is 1. The molecule has 0 spiro atoms. The molecular formula is C10H17N3O.